The lowest BCUT2D eigenvalue weighted by atomic mass is 10.2. The third-order valence-electron chi connectivity index (χ3n) is 4.19. The lowest BCUT2D eigenvalue weighted by Gasteiger charge is -2.11. The molecule has 0 aliphatic heterocycles. The van der Waals surface area contributed by atoms with E-state index in [4.69, 9.17) is 0 Å². The molecule has 0 spiro atoms. The van der Waals surface area contributed by atoms with Crippen LogP contribution in [0.1, 0.15) is 0 Å². The van der Waals surface area contributed by atoms with Crippen molar-refractivity contribution in [2.75, 3.05) is 12.3 Å². The zero-order valence-electron chi connectivity index (χ0n) is 14.9. The molecule has 8 heteroatoms. The summed E-state index contributed by atoms with van der Waals surface area (Å²) in [7, 11) is 0. The zero-order chi connectivity index (χ0) is 19.5. The minimum atomic E-state index is -0.165. The average Bonchev–Trinajstić information content (AvgIpc) is 3.15. The van der Waals surface area contributed by atoms with E-state index in [9.17, 15) is 9.59 Å². The summed E-state index contributed by atoms with van der Waals surface area (Å²) in [5.41, 5.74) is 1.24. The molecule has 4 aromatic rings. The van der Waals surface area contributed by atoms with Crippen LogP contribution < -0.4 is 10.9 Å². The fraction of sp³-hybridized carbons (Fsp3) is 0.100. The van der Waals surface area contributed by atoms with E-state index in [1.54, 1.807) is 12.1 Å². The van der Waals surface area contributed by atoms with Gasteiger partial charge in [-0.05, 0) is 24.3 Å². The van der Waals surface area contributed by atoms with Gasteiger partial charge in [0.05, 0.1) is 22.3 Å². The van der Waals surface area contributed by atoms with Gasteiger partial charge in [0.25, 0.3) is 5.56 Å². The molecule has 2 aromatic carbocycles. The van der Waals surface area contributed by atoms with Crippen LogP contribution in [0.15, 0.2) is 77.2 Å². The summed E-state index contributed by atoms with van der Waals surface area (Å²) in [4.78, 5) is 25.1. The van der Waals surface area contributed by atoms with Gasteiger partial charge in [0, 0.05) is 6.54 Å². The first-order valence-electron chi connectivity index (χ1n) is 8.65. The highest BCUT2D eigenvalue weighted by molar-refractivity contribution is 7.99. The minimum Gasteiger partial charge on any atom is -0.352 e. The monoisotopic (exact) mass is 391 g/mol. The molecule has 0 saturated carbocycles. The molecule has 0 radical (unpaired) electrons. The number of thioether (sulfide) groups is 1. The largest absolute Gasteiger partial charge is 0.352 e. The summed E-state index contributed by atoms with van der Waals surface area (Å²) in [6.45, 7) is 4.00. The fourth-order valence-corrected chi connectivity index (χ4v) is 3.72. The SMILES string of the molecule is C=CCNC(=O)CSc1nnc2n(-c3ccccc3)c(=O)c3ccccc3n12. The molecular weight excluding hydrogens is 374 g/mol. The fourth-order valence-electron chi connectivity index (χ4n) is 2.95. The molecule has 4 rings (SSSR count). The molecule has 28 heavy (non-hydrogen) atoms. The Hall–Kier alpha value is -3.39. The highest BCUT2D eigenvalue weighted by Crippen LogP contribution is 2.22. The van der Waals surface area contributed by atoms with Crippen molar-refractivity contribution in [1.82, 2.24) is 24.5 Å². The normalized spacial score (nSPS) is 11.0. The third kappa shape index (κ3) is 3.18. The Morgan fingerprint density at radius 1 is 1.11 bits per heavy atom. The molecule has 0 aliphatic rings. The molecule has 2 heterocycles. The standard InChI is InChI=1S/C20H17N5O2S/c1-2-12-21-17(26)13-28-20-23-22-19-24(14-8-4-3-5-9-14)18(27)15-10-6-7-11-16(15)25(19)20/h2-11H,1,12-13H2,(H,21,26). The molecule has 1 N–H and O–H groups in total. The Morgan fingerprint density at radius 2 is 1.86 bits per heavy atom. The van der Waals surface area contributed by atoms with Crippen LogP contribution in [0.3, 0.4) is 0 Å². The first kappa shape index (κ1) is 18.0. The van der Waals surface area contributed by atoms with Gasteiger partial charge in [-0.2, -0.15) is 0 Å². The topological polar surface area (TPSA) is 81.3 Å². The number of nitrogens with zero attached hydrogens (tertiary/aromatic N) is 4. The van der Waals surface area contributed by atoms with E-state index in [1.165, 1.54) is 16.3 Å². The summed E-state index contributed by atoms with van der Waals surface area (Å²) in [5.74, 6) is 0.471. The Labute approximate surface area is 164 Å². The number of hydrogen-bond donors (Lipinski definition) is 1. The molecule has 1 amide bonds. The average molecular weight is 391 g/mol. The van der Waals surface area contributed by atoms with E-state index in [-0.39, 0.29) is 17.2 Å². The van der Waals surface area contributed by atoms with Crippen LogP contribution in [0.2, 0.25) is 0 Å². The summed E-state index contributed by atoms with van der Waals surface area (Å²) >= 11 is 1.27. The quantitative estimate of drug-likeness (QED) is 0.403. The van der Waals surface area contributed by atoms with Gasteiger partial charge in [0.1, 0.15) is 0 Å². The van der Waals surface area contributed by atoms with Crippen LogP contribution in [-0.2, 0) is 4.79 Å². The van der Waals surface area contributed by atoms with Gasteiger partial charge in [0.2, 0.25) is 11.7 Å². The number of nitrogens with one attached hydrogen (secondary N) is 1. The van der Waals surface area contributed by atoms with E-state index < -0.39 is 0 Å². The smallest absolute Gasteiger partial charge is 0.267 e. The Kier molecular flexibility index (Phi) is 4.94. The molecule has 0 bridgehead atoms. The van der Waals surface area contributed by atoms with Gasteiger partial charge in [-0.25, -0.2) is 4.57 Å². The molecule has 0 aliphatic carbocycles. The van der Waals surface area contributed by atoms with E-state index in [1.807, 2.05) is 52.9 Å². The van der Waals surface area contributed by atoms with Crippen LogP contribution in [0, 0.1) is 0 Å². The molecule has 0 atom stereocenters. The van der Waals surface area contributed by atoms with E-state index in [2.05, 4.69) is 22.1 Å². The highest BCUT2D eigenvalue weighted by atomic mass is 32.2. The Balaban J connectivity index is 1.88. The van der Waals surface area contributed by atoms with Gasteiger partial charge < -0.3 is 5.32 Å². The summed E-state index contributed by atoms with van der Waals surface area (Å²) in [6.07, 6.45) is 1.63. The van der Waals surface area contributed by atoms with E-state index >= 15 is 0 Å². The maximum atomic E-state index is 13.1. The first-order valence-corrected chi connectivity index (χ1v) is 9.64. The summed E-state index contributed by atoms with van der Waals surface area (Å²) in [5, 5.41) is 12.3. The summed E-state index contributed by atoms with van der Waals surface area (Å²) < 4.78 is 3.35. The van der Waals surface area contributed by atoms with Crippen LogP contribution in [0.25, 0.3) is 22.4 Å². The maximum absolute atomic E-state index is 13.1. The van der Waals surface area contributed by atoms with Crippen molar-refractivity contribution in [3.63, 3.8) is 0 Å². The van der Waals surface area contributed by atoms with Crippen LogP contribution >= 0.6 is 11.8 Å². The van der Waals surface area contributed by atoms with E-state index in [0.717, 1.165) is 0 Å². The highest BCUT2D eigenvalue weighted by Gasteiger charge is 2.18. The number of carbonyl (C=O) groups excluding carboxylic acids is 1. The molecule has 0 fully saturated rings. The van der Waals surface area contributed by atoms with Crippen molar-refractivity contribution < 1.29 is 4.79 Å². The van der Waals surface area contributed by atoms with Crippen molar-refractivity contribution in [3.05, 3.63) is 77.6 Å². The Morgan fingerprint density at radius 3 is 2.64 bits per heavy atom. The number of para-hydroxylation sites is 2. The number of fused-ring (bicyclic) bond motifs is 3. The van der Waals surface area contributed by atoms with Crippen molar-refractivity contribution in [3.8, 4) is 5.69 Å². The lowest BCUT2D eigenvalue weighted by molar-refractivity contribution is -0.118. The molecule has 2 aromatic heterocycles. The van der Waals surface area contributed by atoms with Crippen LogP contribution in [0.5, 0.6) is 0 Å². The predicted molar refractivity (Wildman–Crippen MR) is 110 cm³/mol. The number of hydrogen-bond acceptors (Lipinski definition) is 5. The van der Waals surface area contributed by atoms with Crippen molar-refractivity contribution in [2.24, 2.45) is 0 Å². The minimum absolute atomic E-state index is 0.123. The lowest BCUT2D eigenvalue weighted by Crippen LogP contribution is -2.25. The van der Waals surface area contributed by atoms with Gasteiger partial charge in [-0.15, -0.1) is 16.8 Å². The van der Waals surface area contributed by atoms with Crippen molar-refractivity contribution >= 4 is 34.3 Å². The molecule has 0 saturated heterocycles. The molecular formula is C20H17N5O2S. The van der Waals surface area contributed by atoms with E-state index in [0.29, 0.717) is 34.1 Å². The zero-order valence-corrected chi connectivity index (χ0v) is 15.7. The van der Waals surface area contributed by atoms with Crippen molar-refractivity contribution in [2.45, 2.75) is 5.16 Å². The van der Waals surface area contributed by atoms with Gasteiger partial charge in [-0.1, -0.05) is 48.2 Å². The number of benzene rings is 2. The molecule has 7 nitrogen and oxygen atoms in total. The maximum Gasteiger partial charge on any atom is 0.267 e. The number of aromatic nitrogens is 4. The van der Waals surface area contributed by atoms with Gasteiger partial charge in [0.15, 0.2) is 5.16 Å². The van der Waals surface area contributed by atoms with Crippen molar-refractivity contribution in [1.29, 1.82) is 0 Å². The van der Waals surface area contributed by atoms with Gasteiger partial charge >= 0.3 is 0 Å². The molecule has 0 unspecified atom stereocenters. The number of amides is 1. The van der Waals surface area contributed by atoms with Crippen LogP contribution in [-0.4, -0.2) is 37.4 Å². The second-order valence-corrected chi connectivity index (χ2v) is 6.94. The third-order valence-corrected chi connectivity index (χ3v) is 5.11. The summed E-state index contributed by atoms with van der Waals surface area (Å²) in [6, 6.07) is 16.6. The predicted octanol–water partition coefficient (Wildman–Crippen LogP) is 2.43. The second-order valence-electron chi connectivity index (χ2n) is 5.99. The first-order chi connectivity index (χ1) is 13.7. The Bertz CT molecular complexity index is 1230. The number of rotatable bonds is 6. The van der Waals surface area contributed by atoms with Crippen LogP contribution in [0.4, 0.5) is 0 Å². The second kappa shape index (κ2) is 7.69. The van der Waals surface area contributed by atoms with Gasteiger partial charge in [-0.3, -0.25) is 14.0 Å². The molecule has 140 valence electrons. The number of carbonyl (C=O) groups is 1.